The van der Waals surface area contributed by atoms with E-state index in [4.69, 9.17) is 4.74 Å². The zero-order chi connectivity index (χ0) is 15.9. The lowest BCUT2D eigenvalue weighted by atomic mass is 9.90. The van der Waals surface area contributed by atoms with Crippen molar-refractivity contribution >= 4 is 21.4 Å². The molecule has 1 aromatic heterocycles. The third-order valence-corrected chi connectivity index (χ3v) is 5.79. The van der Waals surface area contributed by atoms with Crippen LogP contribution in [0.3, 0.4) is 0 Å². The molecule has 2 N–H and O–H groups in total. The normalized spacial score (nSPS) is 12.8. The summed E-state index contributed by atoms with van der Waals surface area (Å²) in [6, 6.07) is 1.67. The van der Waals surface area contributed by atoms with Crippen molar-refractivity contribution in [1.82, 2.24) is 10.0 Å². The number of hydrogen-bond acceptors (Lipinski definition) is 5. The molecule has 7 heteroatoms. The van der Waals surface area contributed by atoms with Crippen LogP contribution in [0.15, 0.2) is 16.3 Å². The molecule has 0 unspecified atom stereocenters. The summed E-state index contributed by atoms with van der Waals surface area (Å²) in [6.07, 6.45) is 0.805. The van der Waals surface area contributed by atoms with Crippen LogP contribution in [0.1, 0.15) is 32.1 Å². The third-order valence-electron chi connectivity index (χ3n) is 3.25. The van der Waals surface area contributed by atoms with Gasteiger partial charge in [0, 0.05) is 31.7 Å². The van der Waals surface area contributed by atoms with Gasteiger partial charge in [-0.15, -0.1) is 11.3 Å². The van der Waals surface area contributed by atoms with E-state index in [0.29, 0.717) is 24.6 Å². The van der Waals surface area contributed by atoms with E-state index in [1.165, 1.54) is 11.3 Å². The number of rotatable bonds is 10. The first-order valence-electron chi connectivity index (χ1n) is 7.08. The lowest BCUT2D eigenvalue weighted by Crippen LogP contribution is -2.35. The summed E-state index contributed by atoms with van der Waals surface area (Å²) in [6.45, 7) is 8.47. The van der Waals surface area contributed by atoms with E-state index in [0.717, 1.165) is 17.8 Å². The van der Waals surface area contributed by atoms with Crippen LogP contribution in [0, 0.1) is 5.41 Å². The van der Waals surface area contributed by atoms with Gasteiger partial charge in [0.2, 0.25) is 10.0 Å². The first-order chi connectivity index (χ1) is 9.82. The molecule has 0 saturated heterocycles. The van der Waals surface area contributed by atoms with Crippen LogP contribution < -0.4 is 10.0 Å². The van der Waals surface area contributed by atoms with Crippen LogP contribution in [-0.4, -0.2) is 35.2 Å². The molecule has 5 nitrogen and oxygen atoms in total. The highest BCUT2D eigenvalue weighted by molar-refractivity contribution is 7.89. The summed E-state index contributed by atoms with van der Waals surface area (Å²) >= 11 is 1.46. The fourth-order valence-electron chi connectivity index (χ4n) is 1.77. The number of thiophene rings is 1. The van der Waals surface area contributed by atoms with Crippen LogP contribution in [0.2, 0.25) is 0 Å². The van der Waals surface area contributed by atoms with Gasteiger partial charge in [0.05, 0.1) is 4.90 Å². The van der Waals surface area contributed by atoms with Gasteiger partial charge >= 0.3 is 0 Å². The van der Waals surface area contributed by atoms with Crippen LogP contribution in [0.5, 0.6) is 0 Å². The molecular formula is C14H26N2O3S2. The molecule has 0 fully saturated rings. The van der Waals surface area contributed by atoms with Crippen LogP contribution in [0.4, 0.5) is 0 Å². The Labute approximate surface area is 132 Å². The fraction of sp³-hybridized carbons (Fsp3) is 0.714. The summed E-state index contributed by atoms with van der Waals surface area (Å²) in [4.78, 5) is 1.23. The maximum absolute atomic E-state index is 12.4. The monoisotopic (exact) mass is 334 g/mol. The third kappa shape index (κ3) is 6.04. The van der Waals surface area contributed by atoms with Crippen molar-refractivity contribution < 1.29 is 13.2 Å². The predicted molar refractivity (Wildman–Crippen MR) is 87.2 cm³/mol. The number of nitrogens with one attached hydrogen (secondary N) is 2. The van der Waals surface area contributed by atoms with Gasteiger partial charge in [-0.05, 0) is 29.8 Å². The van der Waals surface area contributed by atoms with E-state index >= 15 is 0 Å². The molecule has 122 valence electrons. The lowest BCUT2D eigenvalue weighted by Gasteiger charge is -2.24. The van der Waals surface area contributed by atoms with Gasteiger partial charge < -0.3 is 10.1 Å². The van der Waals surface area contributed by atoms with Gasteiger partial charge in [-0.2, -0.15) is 0 Å². The highest BCUT2D eigenvalue weighted by atomic mass is 32.2. The van der Waals surface area contributed by atoms with E-state index in [1.807, 2.05) is 26.2 Å². The van der Waals surface area contributed by atoms with Gasteiger partial charge in [-0.1, -0.05) is 20.8 Å². The fourth-order valence-corrected chi connectivity index (χ4v) is 4.42. The summed E-state index contributed by atoms with van der Waals surface area (Å²) < 4.78 is 32.7. The second-order valence-electron chi connectivity index (χ2n) is 5.72. The number of methoxy groups -OCH3 is 1. The van der Waals surface area contributed by atoms with Crippen molar-refractivity contribution in [2.45, 2.75) is 38.6 Å². The van der Waals surface area contributed by atoms with Crippen LogP contribution >= 0.6 is 11.3 Å². The molecule has 0 radical (unpaired) electrons. The molecule has 0 aliphatic carbocycles. The molecule has 0 aliphatic heterocycles. The summed E-state index contributed by atoms with van der Waals surface area (Å²) in [5.74, 6) is 0. The van der Waals surface area contributed by atoms with E-state index in [2.05, 4.69) is 10.0 Å². The average molecular weight is 335 g/mol. The zero-order valence-corrected chi connectivity index (χ0v) is 14.9. The Morgan fingerprint density at radius 1 is 1.38 bits per heavy atom. The number of hydrogen-bond donors (Lipinski definition) is 2. The minimum absolute atomic E-state index is 0.138. The van der Waals surface area contributed by atoms with Crippen molar-refractivity contribution in [3.8, 4) is 0 Å². The molecule has 0 atom stereocenters. The maximum atomic E-state index is 12.4. The molecule has 0 spiro atoms. The number of ether oxygens (including phenoxy) is 1. The van der Waals surface area contributed by atoms with Crippen molar-refractivity contribution in [1.29, 1.82) is 0 Å². The maximum Gasteiger partial charge on any atom is 0.241 e. The van der Waals surface area contributed by atoms with Crippen molar-refractivity contribution in [2.75, 3.05) is 26.8 Å². The average Bonchev–Trinajstić information content (AvgIpc) is 2.90. The topological polar surface area (TPSA) is 67.4 Å². The highest BCUT2D eigenvalue weighted by Gasteiger charge is 2.24. The first-order valence-corrected chi connectivity index (χ1v) is 9.44. The Morgan fingerprint density at radius 2 is 2.10 bits per heavy atom. The smallest absolute Gasteiger partial charge is 0.241 e. The first kappa shape index (κ1) is 18.6. The lowest BCUT2D eigenvalue weighted by molar-refractivity contribution is 0.153. The summed E-state index contributed by atoms with van der Waals surface area (Å²) in [7, 11) is -1.81. The van der Waals surface area contributed by atoms with Crippen molar-refractivity contribution in [3.05, 3.63) is 16.3 Å². The minimum Gasteiger partial charge on any atom is -0.385 e. The molecule has 0 bridgehead atoms. The molecule has 0 saturated carbocycles. The quantitative estimate of drug-likeness (QED) is 0.688. The van der Waals surface area contributed by atoms with E-state index < -0.39 is 10.0 Å². The Hall–Kier alpha value is -0.470. The minimum atomic E-state index is -3.46. The van der Waals surface area contributed by atoms with Gasteiger partial charge in [-0.3, -0.25) is 0 Å². The second kappa shape index (κ2) is 8.24. The highest BCUT2D eigenvalue weighted by Crippen LogP contribution is 2.24. The van der Waals surface area contributed by atoms with Crippen LogP contribution in [-0.2, 0) is 21.3 Å². The molecule has 0 aromatic carbocycles. The standard InChI is InChI=1S/C14H26N2O3S2/c1-5-15-10-12-13(6-9-20-12)21(17,18)16-11-14(2,3)7-8-19-4/h6,9,15-16H,5,7-8,10-11H2,1-4H3. The van der Waals surface area contributed by atoms with Gasteiger partial charge in [0.15, 0.2) is 0 Å². The van der Waals surface area contributed by atoms with E-state index in [9.17, 15) is 8.42 Å². The Balaban J connectivity index is 2.71. The van der Waals surface area contributed by atoms with Gasteiger partial charge in [-0.25, -0.2) is 13.1 Å². The molecule has 0 amide bonds. The SMILES string of the molecule is CCNCc1sccc1S(=O)(=O)NCC(C)(C)CCOC. The van der Waals surface area contributed by atoms with E-state index in [-0.39, 0.29) is 5.41 Å². The van der Waals surface area contributed by atoms with Gasteiger partial charge in [0.1, 0.15) is 0 Å². The molecular weight excluding hydrogens is 308 g/mol. The Kier molecular flexibility index (Phi) is 7.29. The Bertz CT molecular complexity index is 524. The molecule has 1 aromatic rings. The number of sulfonamides is 1. The molecule has 1 rings (SSSR count). The predicted octanol–water partition coefficient (Wildman–Crippen LogP) is 2.20. The summed E-state index contributed by atoms with van der Waals surface area (Å²) in [5, 5.41) is 4.98. The van der Waals surface area contributed by atoms with Crippen molar-refractivity contribution in [2.24, 2.45) is 5.41 Å². The molecule has 1 heterocycles. The van der Waals surface area contributed by atoms with E-state index in [1.54, 1.807) is 13.2 Å². The van der Waals surface area contributed by atoms with Gasteiger partial charge in [0.25, 0.3) is 0 Å². The summed E-state index contributed by atoms with van der Waals surface area (Å²) in [5.41, 5.74) is -0.138. The largest absolute Gasteiger partial charge is 0.385 e. The molecule has 21 heavy (non-hydrogen) atoms. The van der Waals surface area contributed by atoms with Crippen LogP contribution in [0.25, 0.3) is 0 Å². The van der Waals surface area contributed by atoms with Crippen molar-refractivity contribution in [3.63, 3.8) is 0 Å². The molecule has 0 aliphatic rings. The zero-order valence-electron chi connectivity index (χ0n) is 13.2. The second-order valence-corrected chi connectivity index (χ2v) is 8.46. The Morgan fingerprint density at radius 3 is 2.71 bits per heavy atom.